The van der Waals surface area contributed by atoms with Crippen molar-refractivity contribution in [3.8, 4) is 6.07 Å². The van der Waals surface area contributed by atoms with E-state index in [2.05, 4.69) is 15.9 Å². The van der Waals surface area contributed by atoms with E-state index >= 15 is 0 Å². The molecule has 0 saturated carbocycles. The predicted molar refractivity (Wildman–Crippen MR) is 62.9 cm³/mol. The van der Waals surface area contributed by atoms with Crippen molar-refractivity contribution in [3.05, 3.63) is 33.3 Å². The van der Waals surface area contributed by atoms with Crippen LogP contribution in [0.3, 0.4) is 0 Å². The van der Waals surface area contributed by atoms with Gasteiger partial charge in [0, 0.05) is 10.0 Å². The number of halogens is 2. The summed E-state index contributed by atoms with van der Waals surface area (Å²) in [6.07, 6.45) is 0.498. The fourth-order valence-electron chi connectivity index (χ4n) is 1.22. The maximum absolute atomic E-state index is 11.9. The summed E-state index contributed by atoms with van der Waals surface area (Å²) in [6.45, 7) is 1.80. The van der Waals surface area contributed by atoms with Gasteiger partial charge >= 0.3 is 0 Å². The normalized spacial score (nSPS) is 11.9. The minimum absolute atomic E-state index is 0.216. The number of hydrogen-bond acceptors (Lipinski definition) is 2. The molecular weight excluding hydrogens is 277 g/mol. The summed E-state index contributed by atoms with van der Waals surface area (Å²) < 4.78 is 0.669. The Kier molecular flexibility index (Phi) is 4.31. The first-order chi connectivity index (χ1) is 7.11. The van der Waals surface area contributed by atoms with E-state index in [4.69, 9.17) is 16.9 Å². The van der Waals surface area contributed by atoms with Gasteiger partial charge in [0.15, 0.2) is 5.78 Å². The second kappa shape index (κ2) is 5.29. The van der Waals surface area contributed by atoms with Crippen LogP contribution in [0.1, 0.15) is 23.7 Å². The Labute approximate surface area is 102 Å². The average molecular weight is 287 g/mol. The topological polar surface area (TPSA) is 40.9 Å². The first-order valence-corrected chi connectivity index (χ1v) is 5.66. The number of ketones is 1. The Morgan fingerprint density at radius 3 is 2.87 bits per heavy atom. The molecule has 0 aliphatic heterocycles. The molecule has 4 heteroatoms. The Morgan fingerprint density at radius 1 is 1.67 bits per heavy atom. The van der Waals surface area contributed by atoms with Gasteiger partial charge in [-0.1, -0.05) is 24.6 Å². The van der Waals surface area contributed by atoms with Gasteiger partial charge in [-0.25, -0.2) is 0 Å². The van der Waals surface area contributed by atoms with Crippen molar-refractivity contribution < 1.29 is 4.79 Å². The predicted octanol–water partition coefficient (Wildman–Crippen LogP) is 3.83. The SMILES string of the molecule is CCC(C#N)C(=O)c1cccc(Br)c1Cl. The third-order valence-electron chi connectivity index (χ3n) is 2.10. The zero-order valence-corrected chi connectivity index (χ0v) is 10.5. The van der Waals surface area contributed by atoms with E-state index in [1.165, 1.54) is 0 Å². The highest BCUT2D eigenvalue weighted by Gasteiger charge is 2.20. The highest BCUT2D eigenvalue weighted by atomic mass is 79.9. The zero-order valence-electron chi connectivity index (χ0n) is 8.13. The van der Waals surface area contributed by atoms with Crippen LogP contribution >= 0.6 is 27.5 Å². The number of rotatable bonds is 3. The van der Waals surface area contributed by atoms with Gasteiger partial charge in [0.05, 0.1) is 11.1 Å². The lowest BCUT2D eigenvalue weighted by atomic mass is 9.97. The summed E-state index contributed by atoms with van der Waals surface area (Å²) >= 11 is 9.21. The van der Waals surface area contributed by atoms with Crippen LogP contribution in [0.15, 0.2) is 22.7 Å². The molecule has 0 saturated heterocycles. The standard InChI is InChI=1S/C11H9BrClNO/c1-2-7(6-14)11(15)8-4-3-5-9(12)10(8)13/h3-5,7H,2H2,1H3. The third kappa shape index (κ3) is 2.58. The van der Waals surface area contributed by atoms with Crippen molar-refractivity contribution in [2.45, 2.75) is 13.3 Å². The van der Waals surface area contributed by atoms with E-state index < -0.39 is 5.92 Å². The molecule has 1 unspecified atom stereocenters. The van der Waals surface area contributed by atoms with E-state index in [1.807, 2.05) is 6.07 Å². The molecule has 78 valence electrons. The molecule has 0 aliphatic rings. The van der Waals surface area contributed by atoms with Gasteiger partial charge in [-0.3, -0.25) is 4.79 Å². The second-order valence-corrected chi connectivity index (χ2v) is 4.29. The minimum atomic E-state index is -0.614. The van der Waals surface area contributed by atoms with Gasteiger partial charge in [-0.05, 0) is 34.5 Å². The van der Waals surface area contributed by atoms with Crippen LogP contribution in [-0.4, -0.2) is 5.78 Å². The second-order valence-electron chi connectivity index (χ2n) is 3.06. The molecule has 0 radical (unpaired) electrons. The van der Waals surface area contributed by atoms with Crippen LogP contribution < -0.4 is 0 Å². The molecule has 2 nitrogen and oxygen atoms in total. The molecule has 0 fully saturated rings. The summed E-state index contributed by atoms with van der Waals surface area (Å²) in [5.74, 6) is -0.830. The number of carbonyl (C=O) groups is 1. The molecule has 0 aromatic heterocycles. The van der Waals surface area contributed by atoms with Crippen LogP contribution in [0.25, 0.3) is 0 Å². The monoisotopic (exact) mass is 285 g/mol. The number of nitriles is 1. The smallest absolute Gasteiger partial charge is 0.181 e. The molecular formula is C11H9BrClNO. The van der Waals surface area contributed by atoms with Gasteiger partial charge in [0.25, 0.3) is 0 Å². The quantitative estimate of drug-likeness (QED) is 0.792. The molecule has 1 atom stereocenters. The molecule has 0 N–H and O–H groups in total. The fourth-order valence-corrected chi connectivity index (χ4v) is 1.80. The van der Waals surface area contributed by atoms with Crippen molar-refractivity contribution in [2.24, 2.45) is 5.92 Å². The summed E-state index contributed by atoms with van der Waals surface area (Å²) in [5.41, 5.74) is 0.402. The van der Waals surface area contributed by atoms with Gasteiger partial charge in [0.1, 0.15) is 5.92 Å². The fraction of sp³-hybridized carbons (Fsp3) is 0.273. The Hall–Kier alpha value is -0.850. The lowest BCUT2D eigenvalue weighted by Crippen LogP contribution is -2.12. The first kappa shape index (κ1) is 12.2. The van der Waals surface area contributed by atoms with Crippen molar-refractivity contribution in [1.29, 1.82) is 5.26 Å². The maximum atomic E-state index is 11.9. The van der Waals surface area contributed by atoms with Gasteiger partial charge in [-0.2, -0.15) is 5.26 Å². The van der Waals surface area contributed by atoms with Gasteiger partial charge in [-0.15, -0.1) is 0 Å². The molecule has 0 aliphatic carbocycles. The summed E-state index contributed by atoms with van der Waals surface area (Å²) in [5, 5.41) is 9.16. The largest absolute Gasteiger partial charge is 0.293 e. The van der Waals surface area contributed by atoms with Crippen LogP contribution in [0.2, 0.25) is 5.02 Å². The lowest BCUT2D eigenvalue weighted by Gasteiger charge is -2.07. The first-order valence-electron chi connectivity index (χ1n) is 4.49. The summed E-state index contributed by atoms with van der Waals surface area (Å²) in [7, 11) is 0. The van der Waals surface area contributed by atoms with E-state index in [9.17, 15) is 4.79 Å². The molecule has 15 heavy (non-hydrogen) atoms. The molecule has 1 aromatic carbocycles. The Bertz CT molecular complexity index is 425. The third-order valence-corrected chi connectivity index (χ3v) is 3.39. The van der Waals surface area contributed by atoms with Crippen LogP contribution in [-0.2, 0) is 0 Å². The van der Waals surface area contributed by atoms with Gasteiger partial charge < -0.3 is 0 Å². The highest BCUT2D eigenvalue weighted by Crippen LogP contribution is 2.28. The summed E-state index contributed by atoms with van der Waals surface area (Å²) in [6, 6.07) is 7.09. The van der Waals surface area contributed by atoms with E-state index in [1.54, 1.807) is 25.1 Å². The van der Waals surface area contributed by atoms with Gasteiger partial charge in [0.2, 0.25) is 0 Å². The minimum Gasteiger partial charge on any atom is -0.293 e. The molecule has 0 bridgehead atoms. The Morgan fingerprint density at radius 2 is 2.33 bits per heavy atom. The zero-order chi connectivity index (χ0) is 11.4. The summed E-state index contributed by atoms with van der Waals surface area (Å²) in [4.78, 5) is 11.9. The van der Waals surface area contributed by atoms with Crippen LogP contribution in [0, 0.1) is 17.2 Å². The molecule has 1 aromatic rings. The van der Waals surface area contributed by atoms with Crippen LogP contribution in [0.4, 0.5) is 0 Å². The number of carbonyl (C=O) groups excluding carboxylic acids is 1. The number of hydrogen-bond donors (Lipinski definition) is 0. The molecule has 1 rings (SSSR count). The van der Waals surface area contributed by atoms with Crippen molar-refractivity contribution in [1.82, 2.24) is 0 Å². The van der Waals surface area contributed by atoms with E-state index in [0.29, 0.717) is 21.5 Å². The number of Topliss-reactive ketones (excluding diaryl/α,β-unsaturated/α-hetero) is 1. The van der Waals surface area contributed by atoms with Crippen molar-refractivity contribution >= 4 is 33.3 Å². The number of nitrogens with zero attached hydrogens (tertiary/aromatic N) is 1. The lowest BCUT2D eigenvalue weighted by molar-refractivity contribution is 0.0946. The van der Waals surface area contributed by atoms with Crippen LogP contribution in [0.5, 0.6) is 0 Å². The molecule has 0 heterocycles. The molecule has 0 spiro atoms. The number of benzene rings is 1. The van der Waals surface area contributed by atoms with E-state index in [-0.39, 0.29) is 5.78 Å². The van der Waals surface area contributed by atoms with Crippen molar-refractivity contribution in [2.75, 3.05) is 0 Å². The molecule has 0 amide bonds. The van der Waals surface area contributed by atoms with Crippen molar-refractivity contribution in [3.63, 3.8) is 0 Å². The maximum Gasteiger partial charge on any atom is 0.181 e. The van der Waals surface area contributed by atoms with E-state index in [0.717, 1.165) is 0 Å². The average Bonchev–Trinajstić information content (AvgIpc) is 2.23. The highest BCUT2D eigenvalue weighted by molar-refractivity contribution is 9.10. The Balaban J connectivity index is 3.13.